The van der Waals surface area contributed by atoms with Crippen molar-refractivity contribution in [2.24, 2.45) is 0 Å². The van der Waals surface area contributed by atoms with E-state index in [2.05, 4.69) is 10.3 Å². The summed E-state index contributed by atoms with van der Waals surface area (Å²) in [6, 6.07) is 5.14. The molecule has 0 saturated heterocycles. The lowest BCUT2D eigenvalue weighted by atomic mass is 10.2. The molecule has 0 unspecified atom stereocenters. The largest absolute Gasteiger partial charge is 0.490 e. The number of thiazole rings is 1. The number of carbonyl (C=O) groups is 1. The highest BCUT2D eigenvalue weighted by molar-refractivity contribution is 7.15. The van der Waals surface area contributed by atoms with Crippen LogP contribution < -0.4 is 14.8 Å². The molecule has 0 atom stereocenters. The summed E-state index contributed by atoms with van der Waals surface area (Å²) in [7, 11) is 0. The summed E-state index contributed by atoms with van der Waals surface area (Å²) in [5.74, 6) is 0.997. The Morgan fingerprint density at radius 3 is 2.57 bits per heavy atom. The summed E-state index contributed by atoms with van der Waals surface area (Å²) in [6.07, 6.45) is 1.73. The van der Waals surface area contributed by atoms with Gasteiger partial charge in [-0.3, -0.25) is 10.1 Å². The van der Waals surface area contributed by atoms with E-state index in [1.807, 2.05) is 20.8 Å². The first-order chi connectivity index (χ1) is 10.1. The van der Waals surface area contributed by atoms with E-state index in [1.165, 1.54) is 11.3 Å². The van der Waals surface area contributed by atoms with E-state index in [0.29, 0.717) is 35.4 Å². The van der Waals surface area contributed by atoms with Gasteiger partial charge in [0.15, 0.2) is 16.6 Å². The number of aromatic nitrogens is 1. The molecule has 2 aromatic rings. The van der Waals surface area contributed by atoms with Gasteiger partial charge in [0, 0.05) is 16.6 Å². The quantitative estimate of drug-likeness (QED) is 0.887. The molecule has 0 fully saturated rings. The number of nitrogens with one attached hydrogen (secondary N) is 1. The molecule has 112 valence electrons. The Balaban J connectivity index is 2.18. The maximum absolute atomic E-state index is 12.2. The van der Waals surface area contributed by atoms with E-state index in [4.69, 9.17) is 9.47 Å². The standard InChI is InChI=1S/C15H18N2O3S/c1-4-19-12-7-6-11(8-13(12)20-5-2)14(18)17-15-16-9-10(3)21-15/h6-9H,4-5H2,1-3H3,(H,16,17,18). The molecule has 0 saturated carbocycles. The van der Waals surface area contributed by atoms with Gasteiger partial charge in [0.25, 0.3) is 5.91 Å². The Morgan fingerprint density at radius 2 is 1.95 bits per heavy atom. The molecule has 0 radical (unpaired) electrons. The Hall–Kier alpha value is -2.08. The predicted molar refractivity (Wildman–Crippen MR) is 83.6 cm³/mol. The zero-order valence-electron chi connectivity index (χ0n) is 12.3. The van der Waals surface area contributed by atoms with E-state index >= 15 is 0 Å². The van der Waals surface area contributed by atoms with Crippen molar-refractivity contribution >= 4 is 22.4 Å². The van der Waals surface area contributed by atoms with Gasteiger partial charge >= 0.3 is 0 Å². The van der Waals surface area contributed by atoms with E-state index in [1.54, 1.807) is 24.4 Å². The Morgan fingerprint density at radius 1 is 1.24 bits per heavy atom. The van der Waals surface area contributed by atoms with Gasteiger partial charge in [0.2, 0.25) is 0 Å². The second-order valence-electron chi connectivity index (χ2n) is 4.26. The summed E-state index contributed by atoms with van der Waals surface area (Å²) in [4.78, 5) is 17.4. The minimum Gasteiger partial charge on any atom is -0.490 e. The summed E-state index contributed by atoms with van der Waals surface area (Å²) in [6.45, 7) is 6.79. The molecule has 0 spiro atoms. The van der Waals surface area contributed by atoms with Crippen molar-refractivity contribution in [2.45, 2.75) is 20.8 Å². The van der Waals surface area contributed by atoms with Crippen molar-refractivity contribution in [1.29, 1.82) is 0 Å². The van der Waals surface area contributed by atoms with E-state index in [-0.39, 0.29) is 5.91 Å². The summed E-state index contributed by atoms with van der Waals surface area (Å²) >= 11 is 1.44. The third-order valence-electron chi connectivity index (χ3n) is 2.65. The number of amides is 1. The third kappa shape index (κ3) is 3.95. The number of hydrogen-bond acceptors (Lipinski definition) is 5. The van der Waals surface area contributed by atoms with Gasteiger partial charge in [-0.1, -0.05) is 0 Å². The van der Waals surface area contributed by atoms with Crippen LogP contribution >= 0.6 is 11.3 Å². The van der Waals surface area contributed by atoms with Crippen LogP contribution in [-0.2, 0) is 0 Å². The highest BCUT2D eigenvalue weighted by Crippen LogP contribution is 2.29. The molecule has 21 heavy (non-hydrogen) atoms. The number of anilines is 1. The SMILES string of the molecule is CCOc1ccc(C(=O)Nc2ncc(C)s2)cc1OCC. The maximum atomic E-state index is 12.2. The lowest BCUT2D eigenvalue weighted by molar-refractivity contribution is 0.102. The highest BCUT2D eigenvalue weighted by atomic mass is 32.1. The maximum Gasteiger partial charge on any atom is 0.257 e. The van der Waals surface area contributed by atoms with E-state index < -0.39 is 0 Å². The fourth-order valence-corrected chi connectivity index (χ4v) is 2.43. The molecule has 5 nitrogen and oxygen atoms in total. The van der Waals surface area contributed by atoms with Gasteiger partial charge in [-0.15, -0.1) is 11.3 Å². The minimum atomic E-state index is -0.214. The molecule has 0 aliphatic rings. The second-order valence-corrected chi connectivity index (χ2v) is 5.49. The fourth-order valence-electron chi connectivity index (χ4n) is 1.77. The van der Waals surface area contributed by atoms with Crippen LogP contribution in [-0.4, -0.2) is 24.1 Å². The topological polar surface area (TPSA) is 60.5 Å². The number of aryl methyl sites for hydroxylation is 1. The molecule has 1 amide bonds. The van der Waals surface area contributed by atoms with E-state index in [0.717, 1.165) is 4.88 Å². The molecule has 2 rings (SSSR count). The van der Waals surface area contributed by atoms with Gasteiger partial charge in [-0.25, -0.2) is 4.98 Å². The number of nitrogens with zero attached hydrogens (tertiary/aromatic N) is 1. The zero-order valence-corrected chi connectivity index (χ0v) is 13.1. The molecule has 1 heterocycles. The van der Waals surface area contributed by atoms with Gasteiger partial charge in [0.05, 0.1) is 13.2 Å². The fraction of sp³-hybridized carbons (Fsp3) is 0.333. The van der Waals surface area contributed by atoms with Crippen LogP contribution in [0.2, 0.25) is 0 Å². The first kappa shape index (κ1) is 15.3. The van der Waals surface area contributed by atoms with Gasteiger partial charge < -0.3 is 9.47 Å². The van der Waals surface area contributed by atoms with Crippen molar-refractivity contribution in [3.63, 3.8) is 0 Å². The Kier molecular flexibility index (Phi) is 5.16. The number of rotatable bonds is 6. The lowest BCUT2D eigenvalue weighted by Gasteiger charge is -2.12. The van der Waals surface area contributed by atoms with Crippen LogP contribution in [0.3, 0.4) is 0 Å². The van der Waals surface area contributed by atoms with Crippen molar-refractivity contribution in [2.75, 3.05) is 18.5 Å². The van der Waals surface area contributed by atoms with E-state index in [9.17, 15) is 4.79 Å². The van der Waals surface area contributed by atoms with Crippen LogP contribution in [0.5, 0.6) is 11.5 Å². The zero-order chi connectivity index (χ0) is 15.2. The van der Waals surface area contributed by atoms with Crippen molar-refractivity contribution in [3.05, 3.63) is 34.8 Å². The monoisotopic (exact) mass is 306 g/mol. The predicted octanol–water partition coefficient (Wildman–Crippen LogP) is 3.50. The van der Waals surface area contributed by atoms with Gasteiger partial charge in [-0.2, -0.15) is 0 Å². The molecule has 0 bridgehead atoms. The van der Waals surface area contributed by atoms with Crippen molar-refractivity contribution < 1.29 is 14.3 Å². The minimum absolute atomic E-state index is 0.214. The van der Waals surface area contributed by atoms with Crippen molar-refractivity contribution in [3.8, 4) is 11.5 Å². The Labute approximate surface area is 127 Å². The van der Waals surface area contributed by atoms with Crippen LogP contribution in [0.1, 0.15) is 29.1 Å². The van der Waals surface area contributed by atoms with Crippen LogP contribution in [0.4, 0.5) is 5.13 Å². The molecule has 0 aliphatic carbocycles. The van der Waals surface area contributed by atoms with Crippen LogP contribution in [0, 0.1) is 6.92 Å². The van der Waals surface area contributed by atoms with Crippen LogP contribution in [0.25, 0.3) is 0 Å². The third-order valence-corrected chi connectivity index (χ3v) is 3.48. The van der Waals surface area contributed by atoms with Crippen molar-refractivity contribution in [1.82, 2.24) is 4.98 Å². The number of benzene rings is 1. The normalized spacial score (nSPS) is 10.2. The van der Waals surface area contributed by atoms with Crippen LogP contribution in [0.15, 0.2) is 24.4 Å². The van der Waals surface area contributed by atoms with Gasteiger partial charge in [0.1, 0.15) is 0 Å². The molecular formula is C15H18N2O3S. The summed E-state index contributed by atoms with van der Waals surface area (Å²) in [5.41, 5.74) is 0.509. The molecular weight excluding hydrogens is 288 g/mol. The summed E-state index contributed by atoms with van der Waals surface area (Å²) < 4.78 is 11.0. The highest BCUT2D eigenvalue weighted by Gasteiger charge is 2.12. The number of ether oxygens (including phenoxy) is 2. The van der Waals surface area contributed by atoms with Gasteiger partial charge in [-0.05, 0) is 39.0 Å². The number of carbonyl (C=O) groups excluding carboxylic acids is 1. The lowest BCUT2D eigenvalue weighted by Crippen LogP contribution is -2.12. The molecule has 0 aliphatic heterocycles. The molecule has 1 aromatic carbocycles. The molecule has 6 heteroatoms. The summed E-state index contributed by atoms with van der Waals surface area (Å²) in [5, 5.41) is 3.36. The molecule has 1 N–H and O–H groups in total. The smallest absolute Gasteiger partial charge is 0.257 e. The Bertz CT molecular complexity index is 625. The molecule has 1 aromatic heterocycles. The average molecular weight is 306 g/mol. The number of hydrogen-bond donors (Lipinski definition) is 1. The first-order valence-corrected chi connectivity index (χ1v) is 7.59. The first-order valence-electron chi connectivity index (χ1n) is 6.77. The second kappa shape index (κ2) is 7.08. The average Bonchev–Trinajstić information content (AvgIpc) is 2.86.